The number of ether oxygens (including phenoxy) is 2. The predicted octanol–water partition coefficient (Wildman–Crippen LogP) is 2.01. The number of rotatable bonds is 1. The van der Waals surface area contributed by atoms with Crippen molar-refractivity contribution in [1.29, 1.82) is 0 Å². The first-order chi connectivity index (χ1) is 9.09. The van der Waals surface area contributed by atoms with Crippen molar-refractivity contribution >= 4 is 12.4 Å². The monoisotopic (exact) mass is 299 g/mol. The second-order valence-electron chi connectivity index (χ2n) is 5.78. The minimum atomic E-state index is -0.572. The SMILES string of the molecule is CC1(C)Oc2ccccc2[C@@H](N2CCOCC2)[C@@H]1O.Cl. The molecule has 1 saturated heterocycles. The Morgan fingerprint density at radius 2 is 1.85 bits per heavy atom. The topological polar surface area (TPSA) is 41.9 Å². The van der Waals surface area contributed by atoms with E-state index in [4.69, 9.17) is 9.47 Å². The third-order valence-electron chi connectivity index (χ3n) is 4.06. The molecule has 0 saturated carbocycles. The molecule has 1 aromatic carbocycles. The molecule has 0 aliphatic carbocycles. The maximum Gasteiger partial charge on any atom is 0.131 e. The lowest BCUT2D eigenvalue weighted by Gasteiger charge is -2.47. The van der Waals surface area contributed by atoms with Crippen LogP contribution in [0.5, 0.6) is 5.75 Å². The number of aliphatic hydroxyl groups is 1. The van der Waals surface area contributed by atoms with E-state index in [2.05, 4.69) is 4.90 Å². The number of para-hydroxylation sites is 1. The molecule has 3 rings (SSSR count). The van der Waals surface area contributed by atoms with Crippen LogP contribution in [0.1, 0.15) is 25.5 Å². The van der Waals surface area contributed by atoms with Crippen molar-refractivity contribution in [3.8, 4) is 5.75 Å². The van der Waals surface area contributed by atoms with E-state index in [1.807, 2.05) is 38.1 Å². The summed E-state index contributed by atoms with van der Waals surface area (Å²) in [5.41, 5.74) is 0.508. The molecule has 0 radical (unpaired) electrons. The fourth-order valence-corrected chi connectivity index (χ4v) is 2.96. The first kappa shape index (κ1) is 15.6. The summed E-state index contributed by atoms with van der Waals surface area (Å²) in [6, 6.07) is 8.00. The highest BCUT2D eigenvalue weighted by Gasteiger charge is 2.45. The summed E-state index contributed by atoms with van der Waals surface area (Å²) in [5.74, 6) is 0.884. The zero-order valence-electron chi connectivity index (χ0n) is 11.9. The standard InChI is InChI=1S/C15H21NO3.ClH/c1-15(2)14(17)13(16-7-9-18-10-8-16)11-5-3-4-6-12(11)19-15;/h3-6,13-14,17H,7-10H2,1-2H3;1H/t13-,14+;/m1./s1. The molecule has 1 aromatic rings. The summed E-state index contributed by atoms with van der Waals surface area (Å²) >= 11 is 0. The maximum atomic E-state index is 10.7. The van der Waals surface area contributed by atoms with Gasteiger partial charge in [0, 0.05) is 18.7 Å². The second-order valence-corrected chi connectivity index (χ2v) is 5.78. The first-order valence-corrected chi connectivity index (χ1v) is 6.87. The second kappa shape index (κ2) is 5.90. The highest BCUT2D eigenvalue weighted by atomic mass is 35.5. The minimum absolute atomic E-state index is 0. The van der Waals surface area contributed by atoms with E-state index in [-0.39, 0.29) is 18.4 Å². The Morgan fingerprint density at radius 3 is 2.55 bits per heavy atom. The lowest BCUT2D eigenvalue weighted by atomic mass is 9.85. The highest BCUT2D eigenvalue weighted by molar-refractivity contribution is 5.85. The van der Waals surface area contributed by atoms with Crippen molar-refractivity contribution in [3.05, 3.63) is 29.8 Å². The van der Waals surface area contributed by atoms with Gasteiger partial charge in [-0.1, -0.05) is 18.2 Å². The van der Waals surface area contributed by atoms with Gasteiger partial charge in [-0.2, -0.15) is 0 Å². The van der Waals surface area contributed by atoms with Crippen LogP contribution in [-0.2, 0) is 4.74 Å². The Balaban J connectivity index is 0.00000147. The zero-order valence-corrected chi connectivity index (χ0v) is 12.7. The zero-order chi connectivity index (χ0) is 13.5. The lowest BCUT2D eigenvalue weighted by molar-refractivity contribution is -0.108. The number of hydrogen-bond donors (Lipinski definition) is 1. The largest absolute Gasteiger partial charge is 0.485 e. The molecule has 1 fully saturated rings. The van der Waals surface area contributed by atoms with Crippen molar-refractivity contribution in [2.45, 2.75) is 31.6 Å². The van der Waals surface area contributed by atoms with Crippen molar-refractivity contribution in [2.75, 3.05) is 26.3 Å². The van der Waals surface area contributed by atoms with Crippen molar-refractivity contribution in [2.24, 2.45) is 0 Å². The van der Waals surface area contributed by atoms with Gasteiger partial charge in [0.25, 0.3) is 0 Å². The molecule has 112 valence electrons. The van der Waals surface area contributed by atoms with E-state index in [0.717, 1.165) is 37.6 Å². The molecule has 1 N–H and O–H groups in total. The van der Waals surface area contributed by atoms with E-state index in [9.17, 15) is 5.11 Å². The van der Waals surface area contributed by atoms with Gasteiger partial charge in [-0.05, 0) is 19.9 Å². The average Bonchev–Trinajstić information content (AvgIpc) is 2.41. The van der Waals surface area contributed by atoms with Gasteiger partial charge in [0.2, 0.25) is 0 Å². The number of aliphatic hydroxyl groups excluding tert-OH is 1. The predicted molar refractivity (Wildman–Crippen MR) is 79.5 cm³/mol. The van der Waals surface area contributed by atoms with Gasteiger partial charge in [0.05, 0.1) is 19.3 Å². The molecule has 0 aromatic heterocycles. The molecule has 2 aliphatic heterocycles. The Morgan fingerprint density at radius 1 is 1.20 bits per heavy atom. The molecular formula is C15H22ClNO3. The van der Waals surface area contributed by atoms with Gasteiger partial charge in [0.15, 0.2) is 0 Å². The van der Waals surface area contributed by atoms with E-state index in [1.165, 1.54) is 0 Å². The first-order valence-electron chi connectivity index (χ1n) is 6.87. The van der Waals surface area contributed by atoms with Crippen LogP contribution in [-0.4, -0.2) is 48.0 Å². The summed E-state index contributed by atoms with van der Waals surface area (Å²) < 4.78 is 11.4. The lowest BCUT2D eigenvalue weighted by Crippen LogP contribution is -2.55. The molecule has 5 heteroatoms. The molecule has 0 amide bonds. The van der Waals surface area contributed by atoms with Crippen LogP contribution in [0.2, 0.25) is 0 Å². The maximum absolute atomic E-state index is 10.7. The van der Waals surface area contributed by atoms with E-state index in [0.29, 0.717) is 0 Å². The Hall–Kier alpha value is -0.810. The summed E-state index contributed by atoms with van der Waals surface area (Å²) in [4.78, 5) is 2.30. The Labute approximate surface area is 126 Å². The number of fused-ring (bicyclic) bond motifs is 1. The highest BCUT2D eigenvalue weighted by Crippen LogP contribution is 2.42. The number of benzene rings is 1. The molecule has 20 heavy (non-hydrogen) atoms. The quantitative estimate of drug-likeness (QED) is 0.861. The summed E-state index contributed by atoms with van der Waals surface area (Å²) in [7, 11) is 0. The summed E-state index contributed by atoms with van der Waals surface area (Å²) in [5, 5.41) is 10.7. The van der Waals surface area contributed by atoms with Gasteiger partial charge in [-0.15, -0.1) is 12.4 Å². The Kier molecular flexibility index (Phi) is 4.59. The summed E-state index contributed by atoms with van der Waals surface area (Å²) in [6.07, 6.45) is -0.541. The molecular weight excluding hydrogens is 278 g/mol. The van der Waals surface area contributed by atoms with Crippen LogP contribution in [0.15, 0.2) is 24.3 Å². The normalized spacial score (nSPS) is 28.9. The number of morpholine rings is 1. The van der Waals surface area contributed by atoms with Crippen molar-refractivity contribution < 1.29 is 14.6 Å². The fraction of sp³-hybridized carbons (Fsp3) is 0.600. The smallest absolute Gasteiger partial charge is 0.131 e. The minimum Gasteiger partial charge on any atom is -0.485 e. The molecule has 0 unspecified atom stereocenters. The molecule has 2 atom stereocenters. The Bertz CT molecular complexity index is 460. The van der Waals surface area contributed by atoms with Gasteiger partial charge in [-0.3, -0.25) is 4.90 Å². The van der Waals surface area contributed by atoms with Crippen molar-refractivity contribution in [3.63, 3.8) is 0 Å². The number of nitrogens with zero attached hydrogens (tertiary/aromatic N) is 1. The van der Waals surface area contributed by atoms with Crippen LogP contribution in [0, 0.1) is 0 Å². The van der Waals surface area contributed by atoms with Crippen LogP contribution in [0.3, 0.4) is 0 Å². The fourth-order valence-electron chi connectivity index (χ4n) is 2.96. The summed E-state index contributed by atoms with van der Waals surface area (Å²) in [6.45, 7) is 7.06. The van der Waals surface area contributed by atoms with Crippen LogP contribution < -0.4 is 4.74 Å². The van der Waals surface area contributed by atoms with E-state index >= 15 is 0 Å². The van der Waals surface area contributed by atoms with Crippen LogP contribution >= 0.6 is 12.4 Å². The third-order valence-corrected chi connectivity index (χ3v) is 4.06. The van der Waals surface area contributed by atoms with Gasteiger partial charge < -0.3 is 14.6 Å². The van der Waals surface area contributed by atoms with Gasteiger partial charge in [-0.25, -0.2) is 0 Å². The molecule has 0 bridgehead atoms. The average molecular weight is 300 g/mol. The molecule has 2 aliphatic rings. The third kappa shape index (κ3) is 2.66. The van der Waals surface area contributed by atoms with Crippen LogP contribution in [0.25, 0.3) is 0 Å². The van der Waals surface area contributed by atoms with Crippen LogP contribution in [0.4, 0.5) is 0 Å². The van der Waals surface area contributed by atoms with E-state index < -0.39 is 11.7 Å². The molecule has 2 heterocycles. The molecule has 4 nitrogen and oxygen atoms in total. The van der Waals surface area contributed by atoms with Gasteiger partial charge >= 0.3 is 0 Å². The van der Waals surface area contributed by atoms with Crippen molar-refractivity contribution in [1.82, 2.24) is 4.90 Å². The number of halogens is 1. The van der Waals surface area contributed by atoms with Gasteiger partial charge in [0.1, 0.15) is 17.5 Å². The number of hydrogen-bond acceptors (Lipinski definition) is 4. The molecule has 0 spiro atoms. The van der Waals surface area contributed by atoms with E-state index in [1.54, 1.807) is 0 Å².